The van der Waals surface area contributed by atoms with Crippen LogP contribution in [0.1, 0.15) is 45.8 Å². The largest absolute Gasteiger partial charge is 0.388 e. The van der Waals surface area contributed by atoms with Crippen molar-refractivity contribution in [1.29, 1.82) is 0 Å². The summed E-state index contributed by atoms with van der Waals surface area (Å²) in [5.41, 5.74) is 6.49. The molecule has 1 aromatic carbocycles. The second kappa shape index (κ2) is 6.86. The minimum absolute atomic E-state index is 0.133. The second-order valence-electron chi connectivity index (χ2n) is 6.42. The van der Waals surface area contributed by atoms with Crippen LogP contribution >= 0.6 is 0 Å². The van der Waals surface area contributed by atoms with Crippen molar-refractivity contribution < 1.29 is 9.90 Å². The SMILES string of the molecule is CC(CC(O)c1ccccc1)NC(=O)[C@@H](N)C(C)(C)C. The number of rotatable bonds is 5. The molecule has 4 N–H and O–H groups in total. The van der Waals surface area contributed by atoms with E-state index in [1.807, 2.05) is 58.0 Å². The minimum atomic E-state index is -0.586. The van der Waals surface area contributed by atoms with Crippen LogP contribution in [0.3, 0.4) is 0 Å². The highest BCUT2D eigenvalue weighted by molar-refractivity contribution is 5.82. The van der Waals surface area contributed by atoms with Crippen molar-refractivity contribution >= 4 is 5.91 Å². The van der Waals surface area contributed by atoms with Crippen LogP contribution in [0.25, 0.3) is 0 Å². The Morgan fingerprint density at radius 2 is 1.85 bits per heavy atom. The molecule has 0 aliphatic heterocycles. The highest BCUT2D eigenvalue weighted by Crippen LogP contribution is 2.19. The van der Waals surface area contributed by atoms with E-state index in [0.29, 0.717) is 6.42 Å². The van der Waals surface area contributed by atoms with Crippen molar-refractivity contribution in [3.05, 3.63) is 35.9 Å². The molecule has 3 atom stereocenters. The quantitative estimate of drug-likeness (QED) is 0.771. The van der Waals surface area contributed by atoms with Gasteiger partial charge in [0, 0.05) is 6.04 Å². The molecule has 0 radical (unpaired) electrons. The Bertz CT molecular complexity index is 426. The van der Waals surface area contributed by atoms with Gasteiger partial charge in [0.1, 0.15) is 0 Å². The van der Waals surface area contributed by atoms with Gasteiger partial charge in [-0.05, 0) is 24.3 Å². The van der Waals surface area contributed by atoms with Gasteiger partial charge in [-0.2, -0.15) is 0 Å². The molecule has 0 aliphatic carbocycles. The zero-order valence-corrected chi connectivity index (χ0v) is 12.8. The molecule has 1 amide bonds. The number of aliphatic hydroxyl groups is 1. The van der Waals surface area contributed by atoms with Gasteiger partial charge in [-0.1, -0.05) is 51.1 Å². The Hall–Kier alpha value is -1.39. The number of benzene rings is 1. The Balaban J connectivity index is 2.52. The maximum absolute atomic E-state index is 12.0. The number of nitrogens with two attached hydrogens (primary N) is 1. The minimum Gasteiger partial charge on any atom is -0.388 e. The summed E-state index contributed by atoms with van der Waals surface area (Å²) in [7, 11) is 0. The average molecular weight is 278 g/mol. The van der Waals surface area contributed by atoms with Crippen LogP contribution in [0, 0.1) is 5.41 Å². The standard InChI is InChI=1S/C16H26N2O2/c1-11(18-15(20)14(17)16(2,3)4)10-13(19)12-8-6-5-7-9-12/h5-9,11,13-14,19H,10,17H2,1-4H3,(H,18,20)/t11?,13?,14-/m1/s1. The maximum atomic E-state index is 12.0. The Morgan fingerprint density at radius 1 is 1.30 bits per heavy atom. The fourth-order valence-electron chi connectivity index (χ4n) is 1.93. The second-order valence-corrected chi connectivity index (χ2v) is 6.42. The fraction of sp³-hybridized carbons (Fsp3) is 0.562. The summed E-state index contributed by atoms with van der Waals surface area (Å²) in [6.07, 6.45) is -0.121. The number of amides is 1. The molecular formula is C16H26N2O2. The maximum Gasteiger partial charge on any atom is 0.237 e. The molecule has 0 saturated heterocycles. The van der Waals surface area contributed by atoms with E-state index in [1.54, 1.807) is 0 Å². The molecular weight excluding hydrogens is 252 g/mol. The monoisotopic (exact) mass is 278 g/mol. The first-order valence-corrected chi connectivity index (χ1v) is 7.00. The number of carbonyl (C=O) groups excluding carboxylic acids is 1. The van der Waals surface area contributed by atoms with E-state index in [1.165, 1.54) is 0 Å². The lowest BCUT2D eigenvalue weighted by Crippen LogP contribution is -2.51. The van der Waals surface area contributed by atoms with E-state index in [0.717, 1.165) is 5.56 Å². The summed E-state index contributed by atoms with van der Waals surface area (Å²) >= 11 is 0. The lowest BCUT2D eigenvalue weighted by atomic mass is 9.86. The first-order valence-electron chi connectivity index (χ1n) is 7.00. The van der Waals surface area contributed by atoms with E-state index in [9.17, 15) is 9.90 Å². The summed E-state index contributed by atoms with van der Waals surface area (Å²) in [6.45, 7) is 7.67. The van der Waals surface area contributed by atoms with Gasteiger partial charge < -0.3 is 16.2 Å². The fourth-order valence-corrected chi connectivity index (χ4v) is 1.93. The van der Waals surface area contributed by atoms with Gasteiger partial charge in [0.15, 0.2) is 0 Å². The molecule has 0 aromatic heterocycles. The third-order valence-corrected chi connectivity index (χ3v) is 3.37. The normalized spacial score (nSPS) is 16.3. The number of hydrogen-bond acceptors (Lipinski definition) is 3. The molecule has 0 heterocycles. The van der Waals surface area contributed by atoms with Gasteiger partial charge in [0.05, 0.1) is 12.1 Å². The highest BCUT2D eigenvalue weighted by atomic mass is 16.3. The molecule has 4 heteroatoms. The van der Waals surface area contributed by atoms with Crippen molar-refractivity contribution in [2.75, 3.05) is 0 Å². The summed E-state index contributed by atoms with van der Waals surface area (Å²) in [5.74, 6) is -0.176. The summed E-state index contributed by atoms with van der Waals surface area (Å²) < 4.78 is 0. The van der Waals surface area contributed by atoms with Crippen molar-refractivity contribution in [2.45, 2.75) is 52.3 Å². The third-order valence-electron chi connectivity index (χ3n) is 3.37. The lowest BCUT2D eigenvalue weighted by molar-refractivity contribution is -0.125. The van der Waals surface area contributed by atoms with Crippen LogP contribution in [0.5, 0.6) is 0 Å². The Labute approximate surface area is 121 Å². The molecule has 20 heavy (non-hydrogen) atoms. The van der Waals surface area contributed by atoms with Gasteiger partial charge in [0.25, 0.3) is 0 Å². The van der Waals surface area contributed by atoms with Crippen LogP contribution in [0.15, 0.2) is 30.3 Å². The van der Waals surface area contributed by atoms with E-state index in [2.05, 4.69) is 5.32 Å². The first-order chi connectivity index (χ1) is 9.21. The van der Waals surface area contributed by atoms with Gasteiger partial charge >= 0.3 is 0 Å². The van der Waals surface area contributed by atoms with Crippen LogP contribution in [-0.4, -0.2) is 23.1 Å². The topological polar surface area (TPSA) is 75.3 Å². The molecule has 112 valence electrons. The zero-order valence-electron chi connectivity index (χ0n) is 12.8. The third kappa shape index (κ3) is 4.94. The smallest absolute Gasteiger partial charge is 0.237 e. The van der Waals surface area contributed by atoms with Crippen LogP contribution in [0.4, 0.5) is 0 Å². The molecule has 0 aliphatic rings. The number of hydrogen-bond donors (Lipinski definition) is 3. The molecule has 0 spiro atoms. The van der Waals surface area contributed by atoms with Crippen molar-refractivity contribution in [2.24, 2.45) is 11.1 Å². The molecule has 2 unspecified atom stereocenters. The van der Waals surface area contributed by atoms with E-state index < -0.39 is 12.1 Å². The van der Waals surface area contributed by atoms with Crippen molar-refractivity contribution in [3.8, 4) is 0 Å². The van der Waals surface area contributed by atoms with Gasteiger partial charge in [-0.15, -0.1) is 0 Å². The van der Waals surface area contributed by atoms with Gasteiger partial charge in [0.2, 0.25) is 5.91 Å². The van der Waals surface area contributed by atoms with Crippen LogP contribution in [-0.2, 0) is 4.79 Å². The van der Waals surface area contributed by atoms with E-state index in [4.69, 9.17) is 5.73 Å². The Morgan fingerprint density at radius 3 is 2.35 bits per heavy atom. The summed E-state index contributed by atoms with van der Waals surface area (Å²) in [6, 6.07) is 8.74. The molecule has 0 saturated carbocycles. The first kappa shape index (κ1) is 16.7. The lowest BCUT2D eigenvalue weighted by Gasteiger charge is -2.28. The van der Waals surface area contributed by atoms with E-state index in [-0.39, 0.29) is 17.4 Å². The zero-order chi connectivity index (χ0) is 15.3. The van der Waals surface area contributed by atoms with Crippen LogP contribution in [0.2, 0.25) is 0 Å². The van der Waals surface area contributed by atoms with E-state index >= 15 is 0 Å². The average Bonchev–Trinajstić information content (AvgIpc) is 2.37. The molecule has 0 bridgehead atoms. The van der Waals surface area contributed by atoms with Crippen molar-refractivity contribution in [1.82, 2.24) is 5.32 Å². The predicted octanol–water partition coefficient (Wildman–Crippen LogP) is 1.99. The Kier molecular flexibility index (Phi) is 5.72. The molecule has 1 rings (SSSR count). The number of nitrogens with one attached hydrogen (secondary N) is 1. The molecule has 0 fully saturated rings. The summed E-state index contributed by atoms with van der Waals surface area (Å²) in [5, 5.41) is 13.0. The molecule has 4 nitrogen and oxygen atoms in total. The van der Waals surface area contributed by atoms with Gasteiger partial charge in [-0.25, -0.2) is 0 Å². The summed E-state index contributed by atoms with van der Waals surface area (Å²) in [4.78, 5) is 12.0. The predicted molar refractivity (Wildman–Crippen MR) is 81.1 cm³/mol. The highest BCUT2D eigenvalue weighted by Gasteiger charge is 2.28. The van der Waals surface area contributed by atoms with Crippen LogP contribution < -0.4 is 11.1 Å². The number of aliphatic hydroxyl groups excluding tert-OH is 1. The molecule has 1 aromatic rings. The van der Waals surface area contributed by atoms with Crippen molar-refractivity contribution in [3.63, 3.8) is 0 Å². The number of carbonyl (C=O) groups is 1. The van der Waals surface area contributed by atoms with Gasteiger partial charge in [-0.3, -0.25) is 4.79 Å².